The van der Waals surface area contributed by atoms with E-state index in [2.05, 4.69) is 0 Å². The Morgan fingerprint density at radius 1 is 1.05 bits per heavy atom. The van der Waals surface area contributed by atoms with Gasteiger partial charge in [-0.15, -0.1) is 0 Å². The lowest BCUT2D eigenvalue weighted by atomic mass is 10.1. The molecule has 0 radical (unpaired) electrons. The number of carbonyl (C=O) groups excluding carboxylic acids is 1. The number of nitrogens with two attached hydrogens (primary N) is 1. The van der Waals surface area contributed by atoms with Gasteiger partial charge in [-0.25, -0.2) is 0 Å². The van der Waals surface area contributed by atoms with E-state index in [0.29, 0.717) is 29.3 Å². The maximum atomic E-state index is 12.5. The van der Waals surface area contributed by atoms with Crippen LogP contribution in [0.3, 0.4) is 0 Å². The normalized spacial score (nSPS) is 13.2. The zero-order chi connectivity index (χ0) is 15.0. The summed E-state index contributed by atoms with van der Waals surface area (Å²) in [5.41, 5.74) is 8.75. The molecule has 3 rings (SSSR count). The molecule has 5 nitrogen and oxygen atoms in total. The highest BCUT2D eigenvalue weighted by Gasteiger charge is 2.29. The van der Waals surface area contributed by atoms with E-state index in [1.54, 1.807) is 37.3 Å². The molecular weight excluding hydrogens is 268 g/mol. The summed E-state index contributed by atoms with van der Waals surface area (Å²) in [5.74, 6) is 1.18. The van der Waals surface area contributed by atoms with E-state index in [0.717, 1.165) is 11.3 Å². The fourth-order valence-electron chi connectivity index (χ4n) is 2.52. The van der Waals surface area contributed by atoms with Gasteiger partial charge in [0.15, 0.2) is 11.5 Å². The number of amides is 1. The molecule has 1 aliphatic rings. The van der Waals surface area contributed by atoms with Crippen LogP contribution in [0, 0.1) is 0 Å². The highest BCUT2D eigenvalue weighted by atomic mass is 16.5. The van der Waals surface area contributed by atoms with Crippen LogP contribution in [0.2, 0.25) is 0 Å². The number of hydrogen-bond donors (Lipinski definition) is 1. The fraction of sp³-hybridized carbons (Fsp3) is 0.188. The van der Waals surface area contributed by atoms with E-state index in [4.69, 9.17) is 15.2 Å². The van der Waals surface area contributed by atoms with Gasteiger partial charge in [-0.1, -0.05) is 6.07 Å². The van der Waals surface area contributed by atoms with E-state index in [1.165, 1.54) is 0 Å². The summed E-state index contributed by atoms with van der Waals surface area (Å²) >= 11 is 0. The first-order valence-electron chi connectivity index (χ1n) is 6.56. The van der Waals surface area contributed by atoms with Crippen LogP contribution in [-0.4, -0.2) is 20.1 Å². The summed E-state index contributed by atoms with van der Waals surface area (Å²) in [6, 6.07) is 10.9. The van der Waals surface area contributed by atoms with Crippen molar-refractivity contribution < 1.29 is 14.3 Å². The molecule has 0 aromatic heterocycles. The molecule has 1 aliphatic heterocycles. The molecule has 21 heavy (non-hydrogen) atoms. The molecule has 0 saturated heterocycles. The Morgan fingerprint density at radius 2 is 1.81 bits per heavy atom. The van der Waals surface area contributed by atoms with Crippen LogP contribution in [0.5, 0.6) is 11.5 Å². The average Bonchev–Trinajstić information content (AvgIpc) is 2.83. The van der Waals surface area contributed by atoms with E-state index >= 15 is 0 Å². The van der Waals surface area contributed by atoms with Gasteiger partial charge < -0.3 is 20.1 Å². The van der Waals surface area contributed by atoms with Gasteiger partial charge in [-0.3, -0.25) is 4.79 Å². The van der Waals surface area contributed by atoms with Crippen LogP contribution in [0.15, 0.2) is 36.4 Å². The third-order valence-corrected chi connectivity index (χ3v) is 3.62. The lowest BCUT2D eigenvalue weighted by molar-refractivity contribution is 0.0996. The Balaban J connectivity index is 1.98. The van der Waals surface area contributed by atoms with Crippen LogP contribution < -0.4 is 20.1 Å². The first-order valence-corrected chi connectivity index (χ1v) is 6.56. The number of carbonyl (C=O) groups is 1. The van der Waals surface area contributed by atoms with Crippen molar-refractivity contribution in [2.24, 2.45) is 0 Å². The molecule has 0 unspecified atom stereocenters. The first kappa shape index (κ1) is 13.3. The second-order valence-electron chi connectivity index (χ2n) is 4.85. The average molecular weight is 284 g/mol. The summed E-state index contributed by atoms with van der Waals surface area (Å²) in [6.45, 7) is 0.532. The Bertz CT molecular complexity index is 713. The molecule has 0 fully saturated rings. The van der Waals surface area contributed by atoms with Crippen LogP contribution in [-0.2, 0) is 6.54 Å². The zero-order valence-electron chi connectivity index (χ0n) is 11.9. The summed E-state index contributed by atoms with van der Waals surface area (Å²) in [4.78, 5) is 14.2. The molecular formula is C16H16N2O3. The van der Waals surface area contributed by atoms with Crippen LogP contribution in [0.1, 0.15) is 15.9 Å². The number of benzene rings is 2. The van der Waals surface area contributed by atoms with Crippen molar-refractivity contribution in [3.63, 3.8) is 0 Å². The molecule has 0 bridgehead atoms. The van der Waals surface area contributed by atoms with Gasteiger partial charge >= 0.3 is 0 Å². The molecule has 2 aromatic carbocycles. The first-order chi connectivity index (χ1) is 10.1. The van der Waals surface area contributed by atoms with Crippen molar-refractivity contribution in [2.75, 3.05) is 24.9 Å². The minimum atomic E-state index is -0.0514. The smallest absolute Gasteiger partial charge is 0.259 e. The monoisotopic (exact) mass is 284 g/mol. The second kappa shape index (κ2) is 5.01. The van der Waals surface area contributed by atoms with Gasteiger partial charge in [0.1, 0.15) is 0 Å². The molecule has 0 spiro atoms. The second-order valence-corrected chi connectivity index (χ2v) is 4.85. The predicted molar refractivity (Wildman–Crippen MR) is 80.9 cm³/mol. The molecule has 5 heteroatoms. The maximum Gasteiger partial charge on any atom is 0.259 e. The highest BCUT2D eigenvalue weighted by molar-refractivity contribution is 6.10. The van der Waals surface area contributed by atoms with Gasteiger partial charge in [0.05, 0.1) is 20.8 Å². The number of nitrogens with zero attached hydrogens (tertiary/aromatic N) is 1. The fourth-order valence-corrected chi connectivity index (χ4v) is 2.52. The standard InChI is InChI=1S/C16H16N2O3/c1-20-14-6-5-12(8-15(14)21-2)18-9-10-3-4-11(17)7-13(10)16(18)19/h3-8H,9,17H2,1-2H3. The van der Waals surface area contributed by atoms with Crippen molar-refractivity contribution in [2.45, 2.75) is 6.54 Å². The van der Waals surface area contributed by atoms with Crippen LogP contribution >= 0.6 is 0 Å². The Kier molecular flexibility index (Phi) is 3.17. The summed E-state index contributed by atoms with van der Waals surface area (Å²) in [7, 11) is 3.15. The van der Waals surface area contributed by atoms with Crippen molar-refractivity contribution in [3.05, 3.63) is 47.5 Å². The van der Waals surface area contributed by atoms with Crippen LogP contribution in [0.4, 0.5) is 11.4 Å². The van der Waals surface area contributed by atoms with Crippen molar-refractivity contribution >= 4 is 17.3 Å². The minimum absolute atomic E-state index is 0.0514. The molecule has 2 N–H and O–H groups in total. The third-order valence-electron chi connectivity index (χ3n) is 3.62. The van der Waals surface area contributed by atoms with E-state index in [9.17, 15) is 4.79 Å². The van der Waals surface area contributed by atoms with Gasteiger partial charge in [0, 0.05) is 23.0 Å². The predicted octanol–water partition coefficient (Wildman–Crippen LogP) is 2.45. The molecule has 0 atom stereocenters. The third kappa shape index (κ3) is 2.16. The Labute approximate surface area is 122 Å². The lowest BCUT2D eigenvalue weighted by Crippen LogP contribution is -2.23. The lowest BCUT2D eigenvalue weighted by Gasteiger charge is -2.17. The quantitative estimate of drug-likeness (QED) is 0.879. The molecule has 0 saturated carbocycles. The molecule has 108 valence electrons. The van der Waals surface area contributed by atoms with Crippen LogP contribution in [0.25, 0.3) is 0 Å². The zero-order valence-corrected chi connectivity index (χ0v) is 11.9. The molecule has 1 heterocycles. The molecule has 1 amide bonds. The van der Waals surface area contributed by atoms with Gasteiger partial charge in [0.2, 0.25) is 0 Å². The van der Waals surface area contributed by atoms with Crippen molar-refractivity contribution in [3.8, 4) is 11.5 Å². The van der Waals surface area contributed by atoms with Gasteiger partial charge in [-0.05, 0) is 29.8 Å². The van der Waals surface area contributed by atoms with E-state index in [-0.39, 0.29) is 5.91 Å². The highest BCUT2D eigenvalue weighted by Crippen LogP contribution is 2.35. The summed E-state index contributed by atoms with van der Waals surface area (Å²) in [6.07, 6.45) is 0. The number of anilines is 2. The number of ether oxygens (including phenoxy) is 2. The topological polar surface area (TPSA) is 64.8 Å². The maximum absolute atomic E-state index is 12.5. The summed E-state index contributed by atoms with van der Waals surface area (Å²) < 4.78 is 10.5. The Hall–Kier alpha value is -2.69. The number of nitrogen functional groups attached to an aromatic ring is 1. The number of rotatable bonds is 3. The number of hydrogen-bond acceptors (Lipinski definition) is 4. The minimum Gasteiger partial charge on any atom is -0.493 e. The largest absolute Gasteiger partial charge is 0.493 e. The number of fused-ring (bicyclic) bond motifs is 1. The van der Waals surface area contributed by atoms with E-state index < -0.39 is 0 Å². The summed E-state index contributed by atoms with van der Waals surface area (Å²) in [5, 5.41) is 0. The van der Waals surface area contributed by atoms with Gasteiger partial charge in [0.25, 0.3) is 5.91 Å². The SMILES string of the molecule is COc1ccc(N2Cc3ccc(N)cc3C2=O)cc1OC. The molecule has 2 aromatic rings. The van der Waals surface area contributed by atoms with Crippen molar-refractivity contribution in [1.29, 1.82) is 0 Å². The van der Waals surface area contributed by atoms with E-state index in [1.807, 2.05) is 18.2 Å². The number of methoxy groups -OCH3 is 2. The Morgan fingerprint density at radius 3 is 2.52 bits per heavy atom. The molecule has 0 aliphatic carbocycles. The van der Waals surface area contributed by atoms with Crippen molar-refractivity contribution in [1.82, 2.24) is 0 Å². The van der Waals surface area contributed by atoms with Gasteiger partial charge in [-0.2, -0.15) is 0 Å².